The lowest BCUT2D eigenvalue weighted by atomic mass is 10.1. The van der Waals surface area contributed by atoms with Gasteiger partial charge in [-0.25, -0.2) is 4.79 Å². The van der Waals surface area contributed by atoms with Gasteiger partial charge in [-0.3, -0.25) is 4.98 Å². The normalized spacial score (nSPS) is 20.3. The predicted molar refractivity (Wildman–Crippen MR) is 123 cm³/mol. The predicted octanol–water partition coefficient (Wildman–Crippen LogP) is 4.32. The Bertz CT molecular complexity index is 840. The minimum Gasteiger partial charge on any atom is -0.475 e. The summed E-state index contributed by atoms with van der Waals surface area (Å²) in [7, 11) is -1.90. The number of rotatable bonds is 8. The maximum absolute atomic E-state index is 13.0. The Morgan fingerprint density at radius 3 is 2.58 bits per heavy atom. The Morgan fingerprint density at radius 1 is 1.19 bits per heavy atom. The summed E-state index contributed by atoms with van der Waals surface area (Å²) in [6.45, 7) is 12.1. The molecule has 1 aromatic carbocycles. The smallest absolute Gasteiger partial charge is 0.349 e. The van der Waals surface area contributed by atoms with Gasteiger partial charge in [-0.05, 0) is 42.2 Å². The average molecular weight is 443 g/mol. The lowest BCUT2D eigenvalue weighted by Crippen LogP contribution is -2.45. The summed E-state index contributed by atoms with van der Waals surface area (Å²) in [5, 5.41) is 3.56. The maximum Gasteiger partial charge on any atom is 0.349 e. The zero-order chi connectivity index (χ0) is 22.5. The molecule has 168 valence electrons. The second-order valence-electron chi connectivity index (χ2n) is 9.57. The number of benzene rings is 1. The molecule has 1 aliphatic rings. The molecule has 2 unspecified atom stereocenters. The third-order valence-electron chi connectivity index (χ3n) is 6.11. The summed E-state index contributed by atoms with van der Waals surface area (Å²) < 4.78 is 18.2. The molecule has 0 bridgehead atoms. The van der Waals surface area contributed by atoms with Crippen LogP contribution in [-0.4, -0.2) is 44.1 Å². The molecule has 0 spiro atoms. The van der Waals surface area contributed by atoms with E-state index >= 15 is 0 Å². The van der Waals surface area contributed by atoms with Gasteiger partial charge in [0, 0.05) is 12.7 Å². The van der Waals surface area contributed by atoms with Crippen LogP contribution in [0.3, 0.4) is 0 Å². The molecule has 2 aromatic rings. The van der Waals surface area contributed by atoms with Gasteiger partial charge in [0.25, 0.3) is 0 Å². The van der Waals surface area contributed by atoms with E-state index < -0.39 is 20.4 Å². The quantitative estimate of drug-likeness (QED) is 0.485. The monoisotopic (exact) mass is 442 g/mol. The van der Waals surface area contributed by atoms with Gasteiger partial charge in [-0.2, -0.15) is 0 Å². The van der Waals surface area contributed by atoms with Crippen LogP contribution in [0.4, 0.5) is 0 Å². The summed E-state index contributed by atoms with van der Waals surface area (Å²) in [5.74, 6) is 0.151. The number of aromatic nitrogens is 1. The fourth-order valence-corrected chi connectivity index (χ4v) is 4.68. The maximum atomic E-state index is 13.0. The number of ether oxygens (including phenoxy) is 2. The van der Waals surface area contributed by atoms with Crippen molar-refractivity contribution in [1.82, 2.24) is 10.3 Å². The highest BCUT2D eigenvalue weighted by molar-refractivity contribution is 6.74. The van der Waals surface area contributed by atoms with Crippen molar-refractivity contribution in [3.05, 3.63) is 60.4 Å². The van der Waals surface area contributed by atoms with Crippen LogP contribution in [0.5, 0.6) is 5.75 Å². The van der Waals surface area contributed by atoms with Crippen molar-refractivity contribution in [1.29, 1.82) is 0 Å². The largest absolute Gasteiger partial charge is 0.475 e. The number of hydrogen-bond donors (Lipinski definition) is 1. The molecule has 7 heteroatoms. The van der Waals surface area contributed by atoms with Crippen molar-refractivity contribution in [2.24, 2.45) is 0 Å². The second kappa shape index (κ2) is 9.93. The first-order chi connectivity index (χ1) is 14.7. The van der Waals surface area contributed by atoms with E-state index in [2.05, 4.69) is 44.2 Å². The zero-order valence-electron chi connectivity index (χ0n) is 19.1. The molecule has 0 radical (unpaired) electrons. The van der Waals surface area contributed by atoms with Crippen LogP contribution in [0.15, 0.2) is 54.9 Å². The van der Waals surface area contributed by atoms with Gasteiger partial charge in [0.05, 0.1) is 18.3 Å². The highest BCUT2D eigenvalue weighted by Crippen LogP contribution is 2.38. The molecule has 3 atom stereocenters. The minimum atomic E-state index is -1.90. The van der Waals surface area contributed by atoms with Gasteiger partial charge in [0.1, 0.15) is 12.4 Å². The van der Waals surface area contributed by atoms with Gasteiger partial charge >= 0.3 is 5.97 Å². The fourth-order valence-electron chi connectivity index (χ4n) is 3.32. The van der Waals surface area contributed by atoms with E-state index in [1.807, 2.05) is 30.3 Å². The van der Waals surface area contributed by atoms with Crippen LogP contribution < -0.4 is 10.1 Å². The van der Waals surface area contributed by atoms with E-state index in [1.165, 1.54) is 0 Å². The van der Waals surface area contributed by atoms with Gasteiger partial charge in [0.2, 0.25) is 6.10 Å². The number of hydrogen-bond acceptors (Lipinski definition) is 6. The third kappa shape index (κ3) is 6.38. The molecule has 6 nitrogen and oxygen atoms in total. The Hall–Kier alpha value is -2.22. The third-order valence-corrected chi connectivity index (χ3v) is 10.6. The van der Waals surface area contributed by atoms with Crippen molar-refractivity contribution in [2.75, 3.05) is 6.54 Å². The second-order valence-corrected chi connectivity index (χ2v) is 14.3. The molecule has 31 heavy (non-hydrogen) atoms. The first kappa shape index (κ1) is 23.4. The summed E-state index contributed by atoms with van der Waals surface area (Å²) in [6.07, 6.45) is 3.24. The molecule has 1 fully saturated rings. The van der Waals surface area contributed by atoms with Gasteiger partial charge in [-0.15, -0.1) is 0 Å². The SMILES string of the molecule is CC(C)(C)[Si](C)(C)OC1CN[C@H](C(Oc2cccnc2)C(=O)OCc2ccccc2)C1. The molecule has 2 heterocycles. The summed E-state index contributed by atoms with van der Waals surface area (Å²) in [5.41, 5.74) is 0.939. The summed E-state index contributed by atoms with van der Waals surface area (Å²) in [6, 6.07) is 13.0. The number of nitrogens with zero attached hydrogens (tertiary/aromatic N) is 1. The lowest BCUT2D eigenvalue weighted by molar-refractivity contribution is -0.154. The number of carbonyl (C=O) groups is 1. The van der Waals surface area contributed by atoms with E-state index in [-0.39, 0.29) is 23.8 Å². The fraction of sp³-hybridized carbons (Fsp3) is 0.500. The molecule has 1 N–H and O–H groups in total. The lowest BCUT2D eigenvalue weighted by Gasteiger charge is -2.38. The first-order valence-electron chi connectivity index (χ1n) is 10.8. The van der Waals surface area contributed by atoms with E-state index in [9.17, 15) is 4.79 Å². The number of nitrogens with one attached hydrogen (secondary N) is 1. The molecule has 0 amide bonds. The minimum absolute atomic E-state index is 0.0489. The van der Waals surface area contributed by atoms with E-state index in [1.54, 1.807) is 24.5 Å². The van der Waals surface area contributed by atoms with Crippen LogP contribution in [0, 0.1) is 0 Å². The molecule has 1 aliphatic heterocycles. The molecular weight excluding hydrogens is 408 g/mol. The molecule has 0 saturated carbocycles. The topological polar surface area (TPSA) is 69.7 Å². The highest BCUT2D eigenvalue weighted by atomic mass is 28.4. The highest BCUT2D eigenvalue weighted by Gasteiger charge is 2.43. The summed E-state index contributed by atoms with van der Waals surface area (Å²) >= 11 is 0. The van der Waals surface area contributed by atoms with Crippen LogP contribution in [0.25, 0.3) is 0 Å². The van der Waals surface area contributed by atoms with Crippen LogP contribution in [0.2, 0.25) is 18.1 Å². The Labute approximate surface area is 186 Å². The zero-order valence-corrected chi connectivity index (χ0v) is 20.1. The van der Waals surface area contributed by atoms with E-state index in [0.717, 1.165) is 5.56 Å². The number of esters is 1. The van der Waals surface area contributed by atoms with Gasteiger partial charge in [-0.1, -0.05) is 51.1 Å². The van der Waals surface area contributed by atoms with E-state index in [0.29, 0.717) is 18.7 Å². The molecule has 0 aliphatic carbocycles. The Morgan fingerprint density at radius 2 is 1.94 bits per heavy atom. The number of pyridine rings is 1. The van der Waals surface area contributed by atoms with Crippen molar-refractivity contribution in [3.8, 4) is 5.75 Å². The van der Waals surface area contributed by atoms with Crippen LogP contribution in [0.1, 0.15) is 32.8 Å². The Kier molecular flexibility index (Phi) is 7.51. The van der Waals surface area contributed by atoms with E-state index in [4.69, 9.17) is 13.9 Å². The summed E-state index contributed by atoms with van der Waals surface area (Å²) in [4.78, 5) is 17.1. The first-order valence-corrected chi connectivity index (χ1v) is 13.7. The Balaban J connectivity index is 1.68. The number of carbonyl (C=O) groups excluding carboxylic acids is 1. The molecule has 1 saturated heterocycles. The van der Waals surface area contributed by atoms with Crippen molar-refractivity contribution >= 4 is 14.3 Å². The average Bonchev–Trinajstić information content (AvgIpc) is 3.18. The van der Waals surface area contributed by atoms with Crippen molar-refractivity contribution < 1.29 is 18.7 Å². The standard InChI is InChI=1S/C24H34N2O4Si/c1-24(2,3)31(4,5)30-20-14-21(26-16-20)22(29-19-12-9-13-25-15-19)23(27)28-17-18-10-7-6-8-11-18/h6-13,15,20-22,26H,14,16-17H2,1-5H3/t20?,21-,22?/m0/s1. The molecular formula is C24H34N2O4Si. The van der Waals surface area contributed by atoms with Gasteiger partial charge < -0.3 is 19.2 Å². The molecule has 3 rings (SSSR count). The molecule has 1 aromatic heterocycles. The van der Waals surface area contributed by atoms with Crippen LogP contribution >= 0.6 is 0 Å². The van der Waals surface area contributed by atoms with Gasteiger partial charge in [0.15, 0.2) is 8.32 Å². The van der Waals surface area contributed by atoms with Crippen molar-refractivity contribution in [2.45, 2.75) is 70.2 Å². The van der Waals surface area contributed by atoms with Crippen molar-refractivity contribution in [3.63, 3.8) is 0 Å². The van der Waals surface area contributed by atoms with Crippen LogP contribution in [-0.2, 0) is 20.6 Å².